The molecule has 3 rings (SSSR count). The quantitative estimate of drug-likeness (QED) is 0.570. The maximum Gasteiger partial charge on any atom is 0.341 e. The lowest BCUT2D eigenvalue weighted by atomic mass is 9.63. The highest BCUT2D eigenvalue weighted by Crippen LogP contribution is 2.45. The van der Waals surface area contributed by atoms with E-state index in [0.717, 1.165) is 12.0 Å². The van der Waals surface area contributed by atoms with E-state index in [1.54, 1.807) is 19.1 Å². The van der Waals surface area contributed by atoms with E-state index >= 15 is 0 Å². The van der Waals surface area contributed by atoms with Crippen LogP contribution in [0.25, 0.3) is 0 Å². The molecule has 0 aromatic heterocycles. The monoisotopic (exact) mass is 376 g/mol. The number of carbonyl (C=O) groups excluding carboxylic acids is 1. The van der Waals surface area contributed by atoms with Crippen LogP contribution in [-0.2, 0) is 15.6 Å². The molecule has 2 aromatic carbocycles. The largest absolute Gasteiger partial charge is 0.507 e. The minimum absolute atomic E-state index is 0.112. The number of benzene rings is 2. The molecule has 2 aromatic rings. The van der Waals surface area contributed by atoms with Crippen molar-refractivity contribution in [2.24, 2.45) is 0 Å². The Labute approximate surface area is 167 Å². The topological polar surface area (TPSA) is 46.5 Å². The molecule has 0 fully saturated rings. The van der Waals surface area contributed by atoms with E-state index in [9.17, 15) is 9.90 Å². The third-order valence-electron chi connectivity index (χ3n) is 5.70. The van der Waals surface area contributed by atoms with Gasteiger partial charge in [-0.2, -0.15) is 0 Å². The number of ether oxygens (including phenoxy) is 1. The van der Waals surface area contributed by atoms with E-state index in [-0.39, 0.29) is 28.7 Å². The smallest absolute Gasteiger partial charge is 0.341 e. The van der Waals surface area contributed by atoms with Crippen molar-refractivity contribution in [2.45, 2.75) is 58.3 Å². The summed E-state index contributed by atoms with van der Waals surface area (Å²) in [7, 11) is 0. The first kappa shape index (κ1) is 20.0. The molecule has 0 bridgehead atoms. The van der Waals surface area contributed by atoms with Gasteiger partial charge in [-0.25, -0.2) is 4.79 Å². The summed E-state index contributed by atoms with van der Waals surface area (Å²) in [6.07, 6.45) is 2.34. The number of esters is 1. The van der Waals surface area contributed by atoms with E-state index < -0.39 is 5.97 Å². The van der Waals surface area contributed by atoms with Crippen LogP contribution in [-0.4, -0.2) is 17.7 Å². The van der Waals surface area contributed by atoms with Gasteiger partial charge in [0.25, 0.3) is 0 Å². The third kappa shape index (κ3) is 3.92. The zero-order chi connectivity index (χ0) is 20.5. The van der Waals surface area contributed by atoms with Crippen molar-refractivity contribution < 1.29 is 14.6 Å². The molecule has 3 nitrogen and oxygen atoms in total. The second-order valence-corrected chi connectivity index (χ2v) is 8.73. The van der Waals surface area contributed by atoms with Crippen LogP contribution in [0.1, 0.15) is 80.1 Å². The van der Waals surface area contributed by atoms with Crippen LogP contribution in [0.5, 0.6) is 5.75 Å². The molecule has 146 valence electrons. The standard InChI is InChI=1S/C25H28O3/c1-6-28-23(27)19-11-9-18(16-22(19)26)8-7-17-10-12-20-21(15-17)25(4,5)14-13-24(20,2)3/h9-12,15-16,26H,6,13-14H2,1-5H3. The maximum absolute atomic E-state index is 11.8. The van der Waals surface area contributed by atoms with Crippen molar-refractivity contribution in [3.63, 3.8) is 0 Å². The van der Waals surface area contributed by atoms with Gasteiger partial charge >= 0.3 is 5.97 Å². The molecule has 1 aliphatic carbocycles. The Morgan fingerprint density at radius 3 is 2.14 bits per heavy atom. The van der Waals surface area contributed by atoms with E-state index in [2.05, 4.69) is 57.7 Å². The van der Waals surface area contributed by atoms with Crippen LogP contribution in [0, 0.1) is 11.8 Å². The summed E-state index contributed by atoms with van der Waals surface area (Å²) in [5.74, 6) is 5.65. The lowest BCUT2D eigenvalue weighted by Crippen LogP contribution is -2.33. The van der Waals surface area contributed by atoms with Gasteiger partial charge in [0.2, 0.25) is 0 Å². The first-order chi connectivity index (χ1) is 13.1. The molecule has 0 radical (unpaired) electrons. The fourth-order valence-corrected chi connectivity index (χ4v) is 3.80. The number of carbonyl (C=O) groups is 1. The predicted octanol–water partition coefficient (Wildman–Crippen LogP) is 5.32. The van der Waals surface area contributed by atoms with Gasteiger partial charge in [-0.1, -0.05) is 45.6 Å². The van der Waals surface area contributed by atoms with Gasteiger partial charge < -0.3 is 9.84 Å². The molecule has 0 unspecified atom stereocenters. The molecule has 3 heteroatoms. The fraction of sp³-hybridized carbons (Fsp3) is 0.400. The average Bonchev–Trinajstić information content (AvgIpc) is 2.64. The SMILES string of the molecule is CCOC(=O)c1ccc(C#Cc2ccc3c(c2)C(C)(C)CCC3(C)C)cc1O. The van der Waals surface area contributed by atoms with Crippen LogP contribution >= 0.6 is 0 Å². The molecule has 0 aliphatic heterocycles. The summed E-state index contributed by atoms with van der Waals surface area (Å²) >= 11 is 0. The molecule has 28 heavy (non-hydrogen) atoms. The van der Waals surface area contributed by atoms with E-state index in [4.69, 9.17) is 4.74 Å². The van der Waals surface area contributed by atoms with Gasteiger partial charge in [0.1, 0.15) is 11.3 Å². The summed E-state index contributed by atoms with van der Waals surface area (Å²) in [5.41, 5.74) is 4.88. The van der Waals surface area contributed by atoms with Crippen LogP contribution < -0.4 is 0 Å². The summed E-state index contributed by atoms with van der Waals surface area (Å²) < 4.78 is 4.93. The van der Waals surface area contributed by atoms with Crippen molar-refractivity contribution in [1.29, 1.82) is 0 Å². The lowest BCUT2D eigenvalue weighted by molar-refractivity contribution is 0.0523. The molecule has 0 saturated carbocycles. The average molecular weight is 376 g/mol. The minimum atomic E-state index is -0.529. The van der Waals surface area contributed by atoms with Crippen molar-refractivity contribution in [2.75, 3.05) is 6.61 Å². The summed E-state index contributed by atoms with van der Waals surface area (Å²) in [6.45, 7) is 11.2. The number of hydrogen-bond donors (Lipinski definition) is 1. The maximum atomic E-state index is 11.8. The number of phenols is 1. The van der Waals surface area contributed by atoms with Crippen molar-refractivity contribution in [3.05, 3.63) is 64.2 Å². The molecule has 0 saturated heterocycles. The lowest BCUT2D eigenvalue weighted by Gasteiger charge is -2.41. The molecule has 1 N–H and O–H groups in total. The summed E-state index contributed by atoms with van der Waals surface area (Å²) in [6, 6.07) is 11.3. The van der Waals surface area contributed by atoms with E-state index in [1.807, 2.05) is 0 Å². The molecule has 0 amide bonds. The number of aromatic hydroxyl groups is 1. The van der Waals surface area contributed by atoms with Gasteiger partial charge in [-0.15, -0.1) is 0 Å². The van der Waals surface area contributed by atoms with Gasteiger partial charge in [0.15, 0.2) is 0 Å². The number of fused-ring (bicyclic) bond motifs is 1. The Hall–Kier alpha value is -2.73. The van der Waals surface area contributed by atoms with Gasteiger partial charge in [0, 0.05) is 11.1 Å². The van der Waals surface area contributed by atoms with Gasteiger partial charge in [-0.05, 0) is 72.1 Å². The highest BCUT2D eigenvalue weighted by molar-refractivity contribution is 5.92. The minimum Gasteiger partial charge on any atom is -0.507 e. The number of phenolic OH excluding ortho intramolecular Hbond substituents is 1. The normalized spacial score (nSPS) is 16.5. The highest BCUT2D eigenvalue weighted by Gasteiger charge is 2.36. The van der Waals surface area contributed by atoms with E-state index in [1.165, 1.54) is 23.6 Å². The van der Waals surface area contributed by atoms with Crippen LogP contribution in [0.3, 0.4) is 0 Å². The summed E-state index contributed by atoms with van der Waals surface area (Å²) in [5, 5.41) is 10.1. The van der Waals surface area contributed by atoms with Gasteiger partial charge in [-0.3, -0.25) is 0 Å². The molecular formula is C25H28O3. The Balaban J connectivity index is 1.91. The van der Waals surface area contributed by atoms with Crippen molar-refractivity contribution >= 4 is 5.97 Å². The van der Waals surface area contributed by atoms with Crippen molar-refractivity contribution in [3.8, 4) is 17.6 Å². The van der Waals surface area contributed by atoms with E-state index in [0.29, 0.717) is 5.56 Å². The molecule has 0 atom stereocenters. The van der Waals surface area contributed by atoms with Gasteiger partial charge in [0.05, 0.1) is 6.61 Å². The molecule has 0 heterocycles. The Bertz CT molecular complexity index is 971. The van der Waals surface area contributed by atoms with Crippen LogP contribution in [0.15, 0.2) is 36.4 Å². The first-order valence-corrected chi connectivity index (χ1v) is 9.81. The number of rotatable bonds is 2. The Kier molecular flexibility index (Phi) is 5.26. The van der Waals surface area contributed by atoms with Crippen LogP contribution in [0.4, 0.5) is 0 Å². The third-order valence-corrected chi connectivity index (χ3v) is 5.70. The second kappa shape index (κ2) is 7.36. The first-order valence-electron chi connectivity index (χ1n) is 9.81. The highest BCUT2D eigenvalue weighted by atomic mass is 16.5. The zero-order valence-electron chi connectivity index (χ0n) is 17.3. The second-order valence-electron chi connectivity index (χ2n) is 8.73. The molecule has 0 spiro atoms. The Morgan fingerprint density at radius 2 is 1.54 bits per heavy atom. The van der Waals surface area contributed by atoms with Crippen molar-refractivity contribution in [1.82, 2.24) is 0 Å². The molecular weight excluding hydrogens is 348 g/mol. The zero-order valence-corrected chi connectivity index (χ0v) is 17.3. The number of hydrogen-bond acceptors (Lipinski definition) is 3. The van der Waals surface area contributed by atoms with Crippen LogP contribution in [0.2, 0.25) is 0 Å². The fourth-order valence-electron chi connectivity index (χ4n) is 3.80. The Morgan fingerprint density at radius 1 is 0.964 bits per heavy atom. The predicted molar refractivity (Wildman–Crippen MR) is 112 cm³/mol. The summed E-state index contributed by atoms with van der Waals surface area (Å²) in [4.78, 5) is 11.8. The molecule has 1 aliphatic rings.